The lowest BCUT2D eigenvalue weighted by Crippen LogP contribution is -2.36. The van der Waals surface area contributed by atoms with Gasteiger partial charge < -0.3 is 5.32 Å². The highest BCUT2D eigenvalue weighted by Gasteiger charge is 2.10. The number of thiazole rings is 1. The summed E-state index contributed by atoms with van der Waals surface area (Å²) >= 11 is 6.74. The predicted molar refractivity (Wildman–Crippen MR) is 84.1 cm³/mol. The van der Waals surface area contributed by atoms with E-state index in [4.69, 9.17) is 12.2 Å². The minimum atomic E-state index is 0.290. The first kappa shape index (κ1) is 14.0. The Morgan fingerprint density at radius 3 is 2.95 bits per heavy atom. The van der Waals surface area contributed by atoms with Crippen LogP contribution in [0, 0.1) is 13.8 Å². The Morgan fingerprint density at radius 2 is 2.26 bits per heavy atom. The summed E-state index contributed by atoms with van der Waals surface area (Å²) in [5.74, 6) is 0. The second-order valence-corrected chi connectivity index (χ2v) is 5.82. The normalized spacial score (nSPS) is 11.6. The Kier molecular flexibility index (Phi) is 4.16. The maximum atomic E-state index is 5.11. The topological polar surface area (TPSA) is 53.7 Å². The summed E-state index contributed by atoms with van der Waals surface area (Å²) in [6.45, 7) is 8.08. The number of aromatic nitrogens is 2. The summed E-state index contributed by atoms with van der Waals surface area (Å²) in [7, 11) is 0. The van der Waals surface area contributed by atoms with Gasteiger partial charge in [-0.05, 0) is 39.9 Å². The van der Waals surface area contributed by atoms with Gasteiger partial charge >= 0.3 is 0 Å². The van der Waals surface area contributed by atoms with E-state index in [1.54, 1.807) is 17.6 Å². The number of imidazole rings is 1. The van der Waals surface area contributed by atoms with Crippen LogP contribution in [0.15, 0.2) is 10.5 Å². The molecule has 0 unspecified atom stereocenters. The van der Waals surface area contributed by atoms with Crippen molar-refractivity contribution in [3.05, 3.63) is 22.5 Å². The van der Waals surface area contributed by atoms with Crippen LogP contribution in [0.3, 0.4) is 0 Å². The monoisotopic (exact) mass is 295 g/mol. The summed E-state index contributed by atoms with van der Waals surface area (Å²) in [5, 5.41) is 9.83. The maximum absolute atomic E-state index is 5.11. The van der Waals surface area contributed by atoms with Gasteiger partial charge in [-0.2, -0.15) is 5.10 Å². The molecule has 2 rings (SSSR count). The van der Waals surface area contributed by atoms with Crippen LogP contribution in [-0.4, -0.2) is 26.8 Å². The lowest BCUT2D eigenvalue weighted by Gasteiger charge is -2.09. The molecule has 0 amide bonds. The molecule has 0 aromatic carbocycles. The van der Waals surface area contributed by atoms with Gasteiger partial charge in [0.15, 0.2) is 10.1 Å². The second kappa shape index (κ2) is 5.66. The van der Waals surface area contributed by atoms with E-state index >= 15 is 0 Å². The zero-order valence-electron chi connectivity index (χ0n) is 11.4. The molecule has 2 heterocycles. The number of nitrogens with one attached hydrogen (secondary N) is 2. The first-order valence-corrected chi connectivity index (χ1v) is 7.30. The molecule has 0 spiro atoms. The van der Waals surface area contributed by atoms with E-state index in [2.05, 4.69) is 37.5 Å². The van der Waals surface area contributed by atoms with Crippen molar-refractivity contribution < 1.29 is 0 Å². The van der Waals surface area contributed by atoms with E-state index in [0.29, 0.717) is 5.11 Å². The van der Waals surface area contributed by atoms with Crippen molar-refractivity contribution in [2.75, 3.05) is 0 Å². The molecule has 2 aromatic heterocycles. The third-order valence-electron chi connectivity index (χ3n) is 2.53. The molecule has 0 saturated carbocycles. The summed E-state index contributed by atoms with van der Waals surface area (Å²) in [6.07, 6.45) is 1.75. The minimum absolute atomic E-state index is 0.290. The molecule has 0 atom stereocenters. The third kappa shape index (κ3) is 3.10. The molecule has 5 nitrogen and oxygen atoms in total. The number of thiocarbonyl (C=S) groups is 1. The molecule has 0 radical (unpaired) electrons. The fraction of sp³-hybridized carbons (Fsp3) is 0.417. The van der Waals surface area contributed by atoms with Crippen LogP contribution in [-0.2, 0) is 0 Å². The quantitative estimate of drug-likeness (QED) is 0.518. The van der Waals surface area contributed by atoms with Gasteiger partial charge in [0.1, 0.15) is 0 Å². The highest BCUT2D eigenvalue weighted by molar-refractivity contribution is 7.80. The van der Waals surface area contributed by atoms with E-state index in [1.165, 1.54) is 0 Å². The number of hydrogen-bond acceptors (Lipinski definition) is 4. The molecule has 0 aliphatic heterocycles. The largest absolute Gasteiger partial charge is 0.359 e. The Hall–Kier alpha value is -1.47. The van der Waals surface area contributed by atoms with E-state index in [1.807, 2.05) is 20.8 Å². The molecule has 7 heteroatoms. The van der Waals surface area contributed by atoms with Gasteiger partial charge in [-0.15, -0.1) is 11.3 Å². The van der Waals surface area contributed by atoms with E-state index in [9.17, 15) is 0 Å². The Balaban J connectivity index is 2.14. The zero-order valence-corrected chi connectivity index (χ0v) is 13.0. The second-order valence-electron chi connectivity index (χ2n) is 4.58. The van der Waals surface area contributed by atoms with Gasteiger partial charge in [-0.3, -0.25) is 9.83 Å². The fourth-order valence-electron chi connectivity index (χ4n) is 1.72. The van der Waals surface area contributed by atoms with Gasteiger partial charge in [-0.1, -0.05) is 0 Å². The first-order chi connectivity index (χ1) is 8.99. The van der Waals surface area contributed by atoms with Crippen LogP contribution in [0.5, 0.6) is 0 Å². The highest BCUT2D eigenvalue weighted by Crippen LogP contribution is 2.18. The molecule has 2 N–H and O–H groups in total. The van der Waals surface area contributed by atoms with Crippen molar-refractivity contribution in [3.63, 3.8) is 0 Å². The molecule has 0 fully saturated rings. The Labute approximate surface area is 121 Å². The van der Waals surface area contributed by atoms with Crippen molar-refractivity contribution in [2.24, 2.45) is 5.10 Å². The van der Waals surface area contributed by atoms with Crippen LogP contribution in [0.2, 0.25) is 0 Å². The van der Waals surface area contributed by atoms with Crippen molar-refractivity contribution >= 4 is 39.8 Å². The first-order valence-electron chi connectivity index (χ1n) is 6.01. The fourth-order valence-corrected chi connectivity index (χ4v) is 2.93. The smallest absolute Gasteiger partial charge is 0.194 e. The number of hydrogen-bond donors (Lipinski definition) is 2. The predicted octanol–water partition coefficient (Wildman–Crippen LogP) is 2.22. The van der Waals surface area contributed by atoms with Gasteiger partial charge in [0, 0.05) is 17.1 Å². The molecule has 102 valence electrons. The average molecular weight is 295 g/mol. The molecule has 0 bridgehead atoms. The van der Waals surface area contributed by atoms with E-state index in [-0.39, 0.29) is 6.04 Å². The summed E-state index contributed by atoms with van der Waals surface area (Å²) in [6, 6.07) is 0.290. The van der Waals surface area contributed by atoms with Gasteiger partial charge in [-0.25, -0.2) is 4.98 Å². The molecule has 19 heavy (non-hydrogen) atoms. The number of nitrogens with zero attached hydrogens (tertiary/aromatic N) is 3. The summed E-state index contributed by atoms with van der Waals surface area (Å²) in [5.41, 5.74) is 5.91. The van der Waals surface area contributed by atoms with Crippen molar-refractivity contribution in [1.82, 2.24) is 20.1 Å². The molecular weight excluding hydrogens is 278 g/mol. The summed E-state index contributed by atoms with van der Waals surface area (Å²) < 4.78 is 2.09. The van der Waals surface area contributed by atoms with Crippen LogP contribution in [0.4, 0.5) is 0 Å². The van der Waals surface area contributed by atoms with Gasteiger partial charge in [0.2, 0.25) is 0 Å². The summed E-state index contributed by atoms with van der Waals surface area (Å²) in [4.78, 5) is 5.48. The van der Waals surface area contributed by atoms with E-state index < -0.39 is 0 Å². The van der Waals surface area contributed by atoms with Crippen molar-refractivity contribution in [1.29, 1.82) is 0 Å². The van der Waals surface area contributed by atoms with Crippen LogP contribution in [0.25, 0.3) is 4.96 Å². The molecular formula is C12H17N5S2. The molecule has 0 aliphatic carbocycles. The highest BCUT2D eigenvalue weighted by atomic mass is 32.1. The van der Waals surface area contributed by atoms with Crippen LogP contribution < -0.4 is 10.7 Å². The van der Waals surface area contributed by atoms with Gasteiger partial charge in [0.05, 0.1) is 17.6 Å². The van der Waals surface area contributed by atoms with Crippen LogP contribution in [0.1, 0.15) is 30.9 Å². The van der Waals surface area contributed by atoms with Gasteiger partial charge in [0.25, 0.3) is 0 Å². The SMILES string of the molecule is Cc1nc2scc(C)n2c1/C=N\NC(=S)NC(C)C. The standard InChI is InChI=1S/C12H17N5S2/c1-7(2)14-11(18)16-13-5-10-9(4)15-12-17(10)8(3)6-19-12/h5-7H,1-4H3,(H2,14,16,18)/b13-5-. The molecule has 0 aliphatic rings. The average Bonchev–Trinajstić information content (AvgIpc) is 2.80. The molecule has 0 saturated heterocycles. The van der Waals surface area contributed by atoms with Crippen LogP contribution >= 0.6 is 23.6 Å². The van der Waals surface area contributed by atoms with Crippen molar-refractivity contribution in [3.8, 4) is 0 Å². The number of hydrazone groups is 1. The Bertz CT molecular complexity index is 623. The minimum Gasteiger partial charge on any atom is -0.359 e. The van der Waals surface area contributed by atoms with E-state index in [0.717, 1.165) is 22.0 Å². The lowest BCUT2D eigenvalue weighted by molar-refractivity contribution is 0.719. The number of aryl methyl sites for hydroxylation is 2. The third-order valence-corrected chi connectivity index (χ3v) is 3.68. The number of fused-ring (bicyclic) bond motifs is 1. The number of rotatable bonds is 3. The zero-order chi connectivity index (χ0) is 14.0. The maximum Gasteiger partial charge on any atom is 0.194 e. The Morgan fingerprint density at radius 1 is 1.53 bits per heavy atom. The molecule has 2 aromatic rings. The lowest BCUT2D eigenvalue weighted by atomic mass is 10.3. The van der Waals surface area contributed by atoms with Crippen molar-refractivity contribution in [2.45, 2.75) is 33.7 Å².